The molecule has 0 aliphatic rings. The van der Waals surface area contributed by atoms with Crippen molar-refractivity contribution in [3.8, 4) is 0 Å². The van der Waals surface area contributed by atoms with Crippen LogP contribution in [0.15, 0.2) is 22.6 Å². The van der Waals surface area contributed by atoms with Crippen LogP contribution in [0, 0.1) is 13.8 Å². The van der Waals surface area contributed by atoms with E-state index >= 15 is 0 Å². The zero-order valence-electron chi connectivity index (χ0n) is 11.2. The molecule has 0 fully saturated rings. The number of hydrogen-bond acceptors (Lipinski definition) is 5. The number of carbonyl (C=O) groups excluding carboxylic acids is 1. The van der Waals surface area contributed by atoms with Crippen LogP contribution in [0.4, 0.5) is 11.7 Å². The van der Waals surface area contributed by atoms with Gasteiger partial charge in [0.1, 0.15) is 0 Å². The molecule has 0 radical (unpaired) electrons. The maximum Gasteiger partial charge on any atom is 0.322 e. The Kier molecular flexibility index (Phi) is 3.79. The first kappa shape index (κ1) is 13.1. The third-order valence-corrected chi connectivity index (χ3v) is 2.60. The molecular weight excluding hydrogens is 244 g/mol. The zero-order chi connectivity index (χ0) is 13.8. The van der Waals surface area contributed by atoms with Crippen molar-refractivity contribution in [2.45, 2.75) is 20.8 Å². The Balaban J connectivity index is 2.15. The van der Waals surface area contributed by atoms with Crippen LogP contribution in [0.5, 0.6) is 0 Å². The first-order valence-corrected chi connectivity index (χ1v) is 6.06. The summed E-state index contributed by atoms with van der Waals surface area (Å²) in [5.41, 5.74) is 2.45. The highest BCUT2D eigenvalue weighted by Crippen LogP contribution is 2.16. The van der Waals surface area contributed by atoms with E-state index < -0.39 is 0 Å². The number of amides is 1. The summed E-state index contributed by atoms with van der Waals surface area (Å²) in [7, 11) is 0. The van der Waals surface area contributed by atoms with Crippen molar-refractivity contribution in [1.29, 1.82) is 0 Å². The van der Waals surface area contributed by atoms with Gasteiger partial charge in [-0.3, -0.25) is 10.1 Å². The lowest BCUT2D eigenvalue weighted by Gasteiger charge is -2.08. The minimum absolute atomic E-state index is 0.109. The van der Waals surface area contributed by atoms with Gasteiger partial charge in [0.05, 0.1) is 0 Å². The highest BCUT2D eigenvalue weighted by Gasteiger charge is 2.12. The smallest absolute Gasteiger partial charge is 0.322 e. The molecule has 0 bridgehead atoms. The molecule has 100 valence electrons. The van der Waals surface area contributed by atoms with Crippen LogP contribution in [-0.4, -0.2) is 22.6 Å². The van der Waals surface area contributed by atoms with Gasteiger partial charge >= 0.3 is 6.01 Å². The summed E-state index contributed by atoms with van der Waals surface area (Å²) in [6.45, 7) is 6.41. The van der Waals surface area contributed by atoms with E-state index in [4.69, 9.17) is 4.42 Å². The summed E-state index contributed by atoms with van der Waals surface area (Å²) >= 11 is 0. The Morgan fingerprint density at radius 1 is 1.32 bits per heavy atom. The van der Waals surface area contributed by atoms with E-state index in [0.717, 1.165) is 17.8 Å². The molecule has 1 amide bonds. The fourth-order valence-corrected chi connectivity index (χ4v) is 1.74. The third kappa shape index (κ3) is 3.09. The summed E-state index contributed by atoms with van der Waals surface area (Å²) in [5, 5.41) is 13.1. The Hall–Kier alpha value is -2.37. The molecule has 6 nitrogen and oxygen atoms in total. The molecule has 0 aliphatic heterocycles. The standard InChI is InChI=1S/C13H16N4O2/c1-4-14-10-5-6-11(8(2)7-10)12(18)15-13-17-16-9(3)19-13/h5-7,14H,4H2,1-3H3,(H,15,17,18). The highest BCUT2D eigenvalue weighted by molar-refractivity contribution is 6.04. The minimum atomic E-state index is -0.260. The second-order valence-corrected chi connectivity index (χ2v) is 4.14. The molecule has 0 saturated carbocycles. The highest BCUT2D eigenvalue weighted by atomic mass is 16.4. The first-order valence-electron chi connectivity index (χ1n) is 6.06. The lowest BCUT2D eigenvalue weighted by molar-refractivity contribution is 0.102. The molecule has 2 aromatic rings. The summed E-state index contributed by atoms with van der Waals surface area (Å²) in [6.07, 6.45) is 0. The summed E-state index contributed by atoms with van der Waals surface area (Å²) in [6, 6.07) is 5.67. The predicted octanol–water partition coefficient (Wildman–Crippen LogP) is 2.37. The van der Waals surface area contributed by atoms with E-state index in [1.807, 2.05) is 26.0 Å². The molecule has 1 heterocycles. The van der Waals surface area contributed by atoms with Crippen molar-refractivity contribution < 1.29 is 9.21 Å². The van der Waals surface area contributed by atoms with Gasteiger partial charge < -0.3 is 9.73 Å². The fraction of sp³-hybridized carbons (Fsp3) is 0.308. The maximum absolute atomic E-state index is 12.1. The minimum Gasteiger partial charge on any atom is -0.408 e. The quantitative estimate of drug-likeness (QED) is 0.882. The van der Waals surface area contributed by atoms with Gasteiger partial charge in [-0.05, 0) is 37.6 Å². The number of aromatic nitrogens is 2. The summed E-state index contributed by atoms with van der Waals surface area (Å²) in [4.78, 5) is 12.1. The third-order valence-electron chi connectivity index (χ3n) is 2.60. The Bertz CT molecular complexity index is 592. The molecule has 1 aromatic heterocycles. The lowest BCUT2D eigenvalue weighted by Crippen LogP contribution is -2.14. The number of anilines is 2. The monoisotopic (exact) mass is 260 g/mol. The van der Waals surface area contributed by atoms with Gasteiger partial charge in [-0.2, -0.15) is 0 Å². The molecule has 19 heavy (non-hydrogen) atoms. The molecule has 0 spiro atoms. The van der Waals surface area contributed by atoms with Crippen LogP contribution in [0.2, 0.25) is 0 Å². The maximum atomic E-state index is 12.1. The lowest BCUT2D eigenvalue weighted by atomic mass is 10.1. The van der Waals surface area contributed by atoms with Crippen molar-refractivity contribution in [3.63, 3.8) is 0 Å². The van der Waals surface area contributed by atoms with Gasteiger partial charge in [0.15, 0.2) is 0 Å². The van der Waals surface area contributed by atoms with Crippen LogP contribution in [0.3, 0.4) is 0 Å². The summed E-state index contributed by atoms with van der Waals surface area (Å²) < 4.78 is 5.11. The van der Waals surface area contributed by atoms with Crippen LogP contribution < -0.4 is 10.6 Å². The molecule has 2 N–H and O–H groups in total. The summed E-state index contributed by atoms with van der Waals surface area (Å²) in [5.74, 6) is 0.152. The first-order chi connectivity index (χ1) is 9.10. The van der Waals surface area contributed by atoms with E-state index in [1.54, 1.807) is 13.0 Å². The number of benzene rings is 1. The second kappa shape index (κ2) is 5.51. The molecule has 6 heteroatoms. The molecule has 1 aromatic carbocycles. The molecular formula is C13H16N4O2. The van der Waals surface area contributed by atoms with E-state index in [0.29, 0.717) is 11.5 Å². The fourth-order valence-electron chi connectivity index (χ4n) is 1.74. The largest absolute Gasteiger partial charge is 0.408 e. The van der Waals surface area contributed by atoms with Gasteiger partial charge in [-0.15, -0.1) is 5.10 Å². The van der Waals surface area contributed by atoms with Crippen molar-refractivity contribution in [2.75, 3.05) is 17.2 Å². The van der Waals surface area contributed by atoms with Crippen LogP contribution >= 0.6 is 0 Å². The number of nitrogens with zero attached hydrogens (tertiary/aromatic N) is 2. The van der Waals surface area contributed by atoms with Gasteiger partial charge in [0, 0.05) is 24.7 Å². The van der Waals surface area contributed by atoms with E-state index in [1.165, 1.54) is 0 Å². The normalized spacial score (nSPS) is 10.3. The average Bonchev–Trinajstić information content (AvgIpc) is 2.75. The van der Waals surface area contributed by atoms with Gasteiger partial charge in [0.2, 0.25) is 5.89 Å². The Morgan fingerprint density at radius 2 is 2.11 bits per heavy atom. The zero-order valence-corrected chi connectivity index (χ0v) is 11.2. The van der Waals surface area contributed by atoms with Gasteiger partial charge in [-0.1, -0.05) is 5.10 Å². The van der Waals surface area contributed by atoms with Crippen molar-refractivity contribution in [3.05, 3.63) is 35.2 Å². The number of aryl methyl sites for hydroxylation is 2. The van der Waals surface area contributed by atoms with E-state index in [2.05, 4.69) is 20.8 Å². The van der Waals surface area contributed by atoms with Crippen molar-refractivity contribution in [2.24, 2.45) is 0 Å². The van der Waals surface area contributed by atoms with Crippen LogP contribution in [0.1, 0.15) is 28.7 Å². The van der Waals surface area contributed by atoms with Gasteiger partial charge in [0.25, 0.3) is 5.91 Å². The molecule has 0 unspecified atom stereocenters. The Labute approximate surface area is 111 Å². The van der Waals surface area contributed by atoms with Gasteiger partial charge in [-0.25, -0.2) is 0 Å². The molecule has 0 aliphatic carbocycles. The van der Waals surface area contributed by atoms with Crippen molar-refractivity contribution in [1.82, 2.24) is 10.2 Å². The van der Waals surface area contributed by atoms with Crippen molar-refractivity contribution >= 4 is 17.6 Å². The Morgan fingerprint density at radius 3 is 2.68 bits per heavy atom. The van der Waals surface area contributed by atoms with Crippen LogP contribution in [0.25, 0.3) is 0 Å². The topological polar surface area (TPSA) is 80.0 Å². The number of hydrogen-bond donors (Lipinski definition) is 2. The predicted molar refractivity (Wildman–Crippen MR) is 72.3 cm³/mol. The number of carbonyl (C=O) groups is 1. The number of nitrogens with one attached hydrogen (secondary N) is 2. The van der Waals surface area contributed by atoms with E-state index in [-0.39, 0.29) is 11.9 Å². The van der Waals surface area contributed by atoms with E-state index in [9.17, 15) is 4.79 Å². The number of rotatable bonds is 4. The van der Waals surface area contributed by atoms with Crippen LogP contribution in [-0.2, 0) is 0 Å². The molecule has 2 rings (SSSR count). The molecule has 0 saturated heterocycles. The average molecular weight is 260 g/mol. The second-order valence-electron chi connectivity index (χ2n) is 4.14. The molecule has 0 atom stereocenters. The SMILES string of the molecule is CCNc1ccc(C(=O)Nc2nnc(C)o2)c(C)c1.